The molecule has 276 valence electrons. The number of pyridine rings is 4. The first-order valence-corrected chi connectivity index (χ1v) is 18.9. The number of hydrogen-bond acceptors (Lipinski definition) is 6. The number of fused-ring (bicyclic) bond motifs is 6. The van der Waals surface area contributed by atoms with Gasteiger partial charge in [0, 0.05) is 60.6 Å². The summed E-state index contributed by atoms with van der Waals surface area (Å²) in [5, 5.41) is 13.7. The Kier molecular flexibility index (Phi) is 8.65. The standard InChI is InChI=1S/C25H17N3.C24H16N4O2/c1-2-4-17(5-3-1)19-8-12-27-24(15-19)28-13-10-18-6-7-22-21-9-11-26-16-20(21)14-23(22)25(18)28;29-28(30)23-16-25-11-9-21(23)20-7-6-18-10-13-27(22(18)14-20)24-15-19(8-12-26-24)17-4-2-1-3-5-17/h1-13,15-16H,14H2;1-16H. The summed E-state index contributed by atoms with van der Waals surface area (Å²) in [7, 11) is 0. The largest absolute Gasteiger partial charge is 0.301 e. The number of rotatable bonds is 6. The van der Waals surface area contributed by atoms with E-state index in [2.05, 4.69) is 103 Å². The number of nitro groups is 1. The van der Waals surface area contributed by atoms with Crippen molar-refractivity contribution < 1.29 is 4.92 Å². The molecule has 0 unspecified atom stereocenters. The van der Waals surface area contributed by atoms with Gasteiger partial charge < -0.3 is 9.13 Å². The number of hydrogen-bond donors (Lipinski definition) is 0. The average molecular weight is 752 g/mol. The zero-order valence-electron chi connectivity index (χ0n) is 31.1. The summed E-state index contributed by atoms with van der Waals surface area (Å²) in [6, 6.07) is 47.1. The summed E-state index contributed by atoms with van der Waals surface area (Å²) >= 11 is 0. The molecule has 0 fully saturated rings. The van der Waals surface area contributed by atoms with Gasteiger partial charge in [-0.25, -0.2) is 9.97 Å². The molecule has 0 saturated carbocycles. The summed E-state index contributed by atoms with van der Waals surface area (Å²) in [6.45, 7) is 0. The van der Waals surface area contributed by atoms with Gasteiger partial charge in [0.25, 0.3) is 5.69 Å². The van der Waals surface area contributed by atoms with Gasteiger partial charge in [-0.05, 0) is 105 Å². The second-order valence-corrected chi connectivity index (χ2v) is 14.1. The fraction of sp³-hybridized carbons (Fsp3) is 0.0204. The van der Waals surface area contributed by atoms with Crippen LogP contribution in [0.5, 0.6) is 0 Å². The quantitative estimate of drug-likeness (QED) is 0.124. The molecular formula is C49H33N7O2. The maximum Gasteiger partial charge on any atom is 0.295 e. The van der Waals surface area contributed by atoms with E-state index in [9.17, 15) is 10.1 Å². The Bertz CT molecular complexity index is 3140. The van der Waals surface area contributed by atoms with Crippen LogP contribution in [0.4, 0.5) is 5.69 Å². The SMILES string of the molecule is O=[N+]([O-])c1cnccc1-c1ccc2ccn(-c3cc(-c4ccccc4)ccn3)c2c1.c1ccc(-c2ccnc(-n3ccc4ccc5c(c43)Cc3cnccc3-5)c2)cc1. The fourth-order valence-corrected chi connectivity index (χ4v) is 7.94. The lowest BCUT2D eigenvalue weighted by Crippen LogP contribution is -1.98. The van der Waals surface area contributed by atoms with Gasteiger partial charge in [-0.3, -0.25) is 20.1 Å². The molecule has 6 aromatic heterocycles. The molecule has 0 spiro atoms. The van der Waals surface area contributed by atoms with Crippen LogP contribution in [0.1, 0.15) is 11.1 Å². The number of nitrogens with zero attached hydrogens (tertiary/aromatic N) is 7. The van der Waals surface area contributed by atoms with Gasteiger partial charge in [-0.15, -0.1) is 0 Å². The molecule has 0 saturated heterocycles. The minimum atomic E-state index is -0.406. The lowest BCUT2D eigenvalue weighted by atomic mass is 10.0. The Hall–Kier alpha value is -8.04. The van der Waals surface area contributed by atoms with Crippen LogP contribution in [0.3, 0.4) is 0 Å². The smallest absolute Gasteiger partial charge is 0.295 e. The van der Waals surface area contributed by atoms with Gasteiger partial charge in [0.05, 0.1) is 21.5 Å². The van der Waals surface area contributed by atoms with Gasteiger partial charge in [0.2, 0.25) is 0 Å². The van der Waals surface area contributed by atoms with Crippen LogP contribution in [0.2, 0.25) is 0 Å². The third-order valence-corrected chi connectivity index (χ3v) is 10.7. The highest BCUT2D eigenvalue weighted by Crippen LogP contribution is 2.41. The summed E-state index contributed by atoms with van der Waals surface area (Å²) in [6.07, 6.45) is 15.4. The molecule has 9 nitrogen and oxygen atoms in total. The van der Waals surface area contributed by atoms with E-state index in [0.717, 1.165) is 45.6 Å². The second kappa shape index (κ2) is 14.6. The van der Waals surface area contributed by atoms with Crippen molar-refractivity contribution in [2.45, 2.75) is 6.42 Å². The van der Waals surface area contributed by atoms with E-state index in [4.69, 9.17) is 0 Å². The number of aromatic nitrogens is 6. The van der Waals surface area contributed by atoms with E-state index >= 15 is 0 Å². The van der Waals surface area contributed by atoms with Gasteiger partial charge in [0.1, 0.15) is 17.8 Å². The maximum atomic E-state index is 11.4. The van der Waals surface area contributed by atoms with E-state index < -0.39 is 4.92 Å². The van der Waals surface area contributed by atoms with Crippen LogP contribution in [-0.2, 0) is 6.42 Å². The van der Waals surface area contributed by atoms with Gasteiger partial charge in [-0.2, -0.15) is 0 Å². The fourth-order valence-electron chi connectivity index (χ4n) is 7.94. The predicted octanol–water partition coefficient (Wildman–Crippen LogP) is 11.3. The van der Waals surface area contributed by atoms with Crippen LogP contribution in [-0.4, -0.2) is 34.0 Å². The summed E-state index contributed by atoms with van der Waals surface area (Å²) < 4.78 is 4.22. The molecule has 0 bridgehead atoms. The highest BCUT2D eigenvalue weighted by molar-refractivity contribution is 5.94. The highest BCUT2D eigenvalue weighted by atomic mass is 16.6. The highest BCUT2D eigenvalue weighted by Gasteiger charge is 2.23. The average Bonchev–Trinajstić information content (AvgIpc) is 4.03. The third kappa shape index (κ3) is 6.26. The van der Waals surface area contributed by atoms with Crippen molar-refractivity contribution in [3.63, 3.8) is 0 Å². The molecular weight excluding hydrogens is 719 g/mol. The van der Waals surface area contributed by atoms with E-state index in [1.807, 2.05) is 90.0 Å². The Balaban J connectivity index is 0.000000141. The van der Waals surface area contributed by atoms with Gasteiger partial charge in [-0.1, -0.05) is 84.9 Å². The van der Waals surface area contributed by atoms with Crippen molar-refractivity contribution in [1.82, 2.24) is 29.1 Å². The lowest BCUT2D eigenvalue weighted by Gasteiger charge is -2.10. The molecule has 0 radical (unpaired) electrons. The monoisotopic (exact) mass is 751 g/mol. The zero-order valence-corrected chi connectivity index (χ0v) is 31.1. The third-order valence-electron chi connectivity index (χ3n) is 10.7. The van der Waals surface area contributed by atoms with E-state index in [1.54, 1.807) is 18.5 Å². The van der Waals surface area contributed by atoms with Crippen molar-refractivity contribution in [1.29, 1.82) is 0 Å². The minimum absolute atomic E-state index is 0.0147. The van der Waals surface area contributed by atoms with E-state index in [0.29, 0.717) is 5.56 Å². The molecule has 10 aromatic rings. The minimum Gasteiger partial charge on any atom is -0.301 e. The summed E-state index contributed by atoms with van der Waals surface area (Å²) in [5.41, 5.74) is 13.3. The maximum absolute atomic E-state index is 11.4. The lowest BCUT2D eigenvalue weighted by molar-refractivity contribution is -0.384. The predicted molar refractivity (Wildman–Crippen MR) is 229 cm³/mol. The topological polar surface area (TPSA) is 105 Å². The molecule has 1 aliphatic carbocycles. The molecule has 0 aliphatic heterocycles. The molecule has 11 rings (SSSR count). The first kappa shape index (κ1) is 34.5. The van der Waals surface area contributed by atoms with Crippen LogP contribution in [0, 0.1) is 10.1 Å². The summed E-state index contributed by atoms with van der Waals surface area (Å²) in [5.74, 6) is 1.73. The normalized spacial score (nSPS) is 11.5. The van der Waals surface area contributed by atoms with Crippen LogP contribution >= 0.6 is 0 Å². The molecule has 6 heterocycles. The van der Waals surface area contributed by atoms with E-state index in [-0.39, 0.29) is 5.69 Å². The Labute approximate surface area is 333 Å². The van der Waals surface area contributed by atoms with Crippen LogP contribution in [0.25, 0.3) is 77.9 Å². The van der Waals surface area contributed by atoms with Crippen molar-refractivity contribution in [3.8, 4) is 56.1 Å². The Morgan fingerprint density at radius 3 is 1.84 bits per heavy atom. The molecule has 0 amide bonds. The molecule has 0 atom stereocenters. The van der Waals surface area contributed by atoms with E-state index in [1.165, 1.54) is 50.5 Å². The van der Waals surface area contributed by atoms with Crippen molar-refractivity contribution in [3.05, 3.63) is 210 Å². The van der Waals surface area contributed by atoms with Crippen LogP contribution in [0.15, 0.2) is 189 Å². The van der Waals surface area contributed by atoms with Crippen molar-refractivity contribution >= 4 is 27.5 Å². The molecule has 1 aliphatic rings. The van der Waals surface area contributed by atoms with Gasteiger partial charge >= 0.3 is 0 Å². The Morgan fingerprint density at radius 1 is 0.517 bits per heavy atom. The van der Waals surface area contributed by atoms with Crippen molar-refractivity contribution in [2.75, 3.05) is 0 Å². The second-order valence-electron chi connectivity index (χ2n) is 14.1. The first-order chi connectivity index (χ1) is 28.6. The molecule has 58 heavy (non-hydrogen) atoms. The molecule has 4 aromatic carbocycles. The summed E-state index contributed by atoms with van der Waals surface area (Å²) in [4.78, 5) is 28.5. The molecule has 0 N–H and O–H groups in total. The van der Waals surface area contributed by atoms with Gasteiger partial charge in [0.15, 0.2) is 0 Å². The Morgan fingerprint density at radius 2 is 1.14 bits per heavy atom. The molecule has 9 heteroatoms. The van der Waals surface area contributed by atoms with Crippen molar-refractivity contribution in [2.24, 2.45) is 0 Å². The van der Waals surface area contributed by atoms with Crippen LogP contribution < -0.4 is 0 Å². The first-order valence-electron chi connectivity index (χ1n) is 18.9. The number of benzene rings is 4. The zero-order chi connectivity index (χ0) is 39.0.